The fourth-order valence-electron chi connectivity index (χ4n) is 4.14. The van der Waals surface area contributed by atoms with Crippen molar-refractivity contribution in [1.82, 2.24) is 0 Å². The first-order chi connectivity index (χ1) is 19.0. The van der Waals surface area contributed by atoms with Crippen molar-refractivity contribution in [2.45, 2.75) is 44.7 Å². The van der Waals surface area contributed by atoms with E-state index in [2.05, 4.69) is 0 Å². The number of hydrogen-bond donors (Lipinski definition) is 1. The molecule has 1 saturated carbocycles. The Morgan fingerprint density at radius 3 is 2.12 bits per heavy atom. The van der Waals surface area contributed by atoms with E-state index >= 15 is 4.39 Å². The van der Waals surface area contributed by atoms with Crippen molar-refractivity contribution in [1.29, 1.82) is 0 Å². The van der Waals surface area contributed by atoms with Crippen LogP contribution in [0, 0.1) is 18.7 Å². The van der Waals surface area contributed by atoms with E-state index in [1.54, 1.807) is 24.3 Å². The Balaban J connectivity index is 1.69. The molecule has 0 heterocycles. The van der Waals surface area contributed by atoms with Gasteiger partial charge >= 0.3 is 12.4 Å². The van der Waals surface area contributed by atoms with Gasteiger partial charge in [0.05, 0.1) is 22.5 Å². The number of carbonyl (C=O) groups is 2. The Morgan fingerprint density at radius 1 is 0.927 bits per heavy atom. The Hall–Kier alpha value is -3.96. The zero-order valence-corrected chi connectivity index (χ0v) is 21.8. The van der Waals surface area contributed by atoms with Gasteiger partial charge in [-0.15, -0.1) is 0 Å². The SMILES string of the molecule is Cc1ccc(C(=O)N(CC2CC2)c2cccc(C(=O)Nc3ccc(C(C)(F)C(F)(F)F)cc3C(F)(F)F)c2F)cc1. The van der Waals surface area contributed by atoms with Crippen LogP contribution in [0.4, 0.5) is 46.5 Å². The van der Waals surface area contributed by atoms with Crippen LogP contribution in [-0.4, -0.2) is 24.5 Å². The Bertz CT molecular complexity index is 1460. The predicted molar refractivity (Wildman–Crippen MR) is 136 cm³/mol. The zero-order valence-electron chi connectivity index (χ0n) is 21.8. The average molecular weight is 585 g/mol. The van der Waals surface area contributed by atoms with Crippen molar-refractivity contribution in [3.8, 4) is 0 Å². The summed E-state index contributed by atoms with van der Waals surface area (Å²) >= 11 is 0. The topological polar surface area (TPSA) is 49.4 Å². The van der Waals surface area contributed by atoms with E-state index in [0.29, 0.717) is 12.1 Å². The molecule has 0 saturated heterocycles. The molecular weight excluding hydrogens is 560 g/mol. The number of halogens is 8. The molecule has 1 aliphatic carbocycles. The van der Waals surface area contributed by atoms with Crippen molar-refractivity contribution in [2.24, 2.45) is 5.92 Å². The highest BCUT2D eigenvalue weighted by molar-refractivity contribution is 6.09. The molecule has 218 valence electrons. The summed E-state index contributed by atoms with van der Waals surface area (Å²) in [6, 6.07) is 10.9. The quantitative estimate of drug-likeness (QED) is 0.285. The summed E-state index contributed by atoms with van der Waals surface area (Å²) in [4.78, 5) is 27.4. The standard InChI is InChI=1S/C29H24F8N2O2/c1-16-6-10-18(11-7-16)26(41)39(15-17-8-9-17)23-5-3-4-20(24(23)30)25(40)38-22-13-12-19(14-21(22)28(32,33)34)27(2,31)29(35,36)37/h3-7,10-14,17H,8-9,15H2,1-2H3,(H,38,40). The van der Waals surface area contributed by atoms with Crippen molar-refractivity contribution in [3.63, 3.8) is 0 Å². The van der Waals surface area contributed by atoms with Crippen LogP contribution in [0.5, 0.6) is 0 Å². The predicted octanol–water partition coefficient (Wildman–Crippen LogP) is 8.21. The Labute approximate surface area is 230 Å². The fraction of sp³-hybridized carbons (Fsp3) is 0.310. The van der Waals surface area contributed by atoms with E-state index in [1.165, 1.54) is 17.0 Å². The summed E-state index contributed by atoms with van der Waals surface area (Å²) in [5.41, 5.74) is -8.00. The lowest BCUT2D eigenvalue weighted by molar-refractivity contribution is -0.228. The normalized spacial score (nSPS) is 15.3. The van der Waals surface area contributed by atoms with Crippen LogP contribution in [0.2, 0.25) is 0 Å². The molecule has 0 bridgehead atoms. The molecule has 2 amide bonds. The molecular formula is C29H24F8N2O2. The number of anilines is 2. The maximum atomic E-state index is 15.7. The minimum Gasteiger partial charge on any atom is -0.321 e. The van der Waals surface area contributed by atoms with Gasteiger partial charge in [0.15, 0.2) is 5.82 Å². The lowest BCUT2D eigenvalue weighted by Gasteiger charge is -2.26. The van der Waals surface area contributed by atoms with Gasteiger partial charge in [0.1, 0.15) is 0 Å². The summed E-state index contributed by atoms with van der Waals surface area (Å²) < 4.78 is 111. The largest absolute Gasteiger partial charge is 0.426 e. The monoisotopic (exact) mass is 584 g/mol. The van der Waals surface area contributed by atoms with Crippen LogP contribution >= 0.6 is 0 Å². The second-order valence-electron chi connectivity index (χ2n) is 10.1. The van der Waals surface area contributed by atoms with E-state index in [9.17, 15) is 40.3 Å². The van der Waals surface area contributed by atoms with Gasteiger partial charge < -0.3 is 10.2 Å². The van der Waals surface area contributed by atoms with Crippen LogP contribution in [0.1, 0.15) is 57.2 Å². The van der Waals surface area contributed by atoms with Crippen molar-refractivity contribution in [3.05, 3.63) is 94.3 Å². The molecule has 41 heavy (non-hydrogen) atoms. The number of nitrogens with one attached hydrogen (secondary N) is 1. The van der Waals surface area contributed by atoms with Gasteiger partial charge in [-0.2, -0.15) is 26.3 Å². The number of benzene rings is 3. The fourth-order valence-corrected chi connectivity index (χ4v) is 4.14. The van der Waals surface area contributed by atoms with Gasteiger partial charge in [-0.1, -0.05) is 29.8 Å². The van der Waals surface area contributed by atoms with Crippen LogP contribution in [0.3, 0.4) is 0 Å². The summed E-state index contributed by atoms with van der Waals surface area (Å²) in [5.74, 6) is -2.96. The summed E-state index contributed by atoms with van der Waals surface area (Å²) in [7, 11) is 0. The van der Waals surface area contributed by atoms with Gasteiger partial charge in [-0.3, -0.25) is 9.59 Å². The molecule has 0 spiro atoms. The molecule has 1 N–H and O–H groups in total. The summed E-state index contributed by atoms with van der Waals surface area (Å²) in [5, 5.41) is 1.87. The molecule has 3 aromatic carbocycles. The van der Waals surface area contributed by atoms with E-state index in [4.69, 9.17) is 0 Å². The number of aryl methyl sites for hydroxylation is 1. The van der Waals surface area contributed by atoms with E-state index < -0.39 is 58.0 Å². The van der Waals surface area contributed by atoms with Crippen molar-refractivity contribution < 1.29 is 44.7 Å². The number of amides is 2. The van der Waals surface area contributed by atoms with Crippen LogP contribution in [-0.2, 0) is 11.8 Å². The summed E-state index contributed by atoms with van der Waals surface area (Å²) in [6.45, 7) is 2.05. The molecule has 0 aliphatic heterocycles. The minimum absolute atomic E-state index is 0.0481. The number of hydrogen-bond acceptors (Lipinski definition) is 2. The molecule has 4 rings (SSSR count). The van der Waals surface area contributed by atoms with E-state index in [0.717, 1.165) is 24.5 Å². The minimum atomic E-state index is -5.51. The third kappa shape index (κ3) is 6.36. The highest BCUT2D eigenvalue weighted by Crippen LogP contribution is 2.45. The first kappa shape index (κ1) is 30.0. The first-order valence-corrected chi connectivity index (χ1v) is 12.5. The number of carbonyl (C=O) groups excluding carboxylic acids is 2. The Kier molecular flexibility index (Phi) is 7.90. The third-order valence-electron chi connectivity index (χ3n) is 6.84. The first-order valence-electron chi connectivity index (χ1n) is 12.5. The molecule has 12 heteroatoms. The molecule has 1 atom stereocenters. The van der Waals surface area contributed by atoms with Crippen molar-refractivity contribution in [2.75, 3.05) is 16.8 Å². The lowest BCUT2D eigenvalue weighted by atomic mass is 9.94. The van der Waals surface area contributed by atoms with Crippen LogP contribution in [0.15, 0.2) is 60.7 Å². The second-order valence-corrected chi connectivity index (χ2v) is 10.1. The number of nitrogens with zero attached hydrogens (tertiary/aromatic N) is 1. The molecule has 1 aliphatic rings. The lowest BCUT2D eigenvalue weighted by Crippen LogP contribution is -2.35. The van der Waals surface area contributed by atoms with E-state index in [-0.39, 0.29) is 36.7 Å². The van der Waals surface area contributed by atoms with Gasteiger partial charge in [0, 0.05) is 12.1 Å². The average Bonchev–Trinajstić information content (AvgIpc) is 3.71. The molecule has 0 radical (unpaired) electrons. The second kappa shape index (κ2) is 10.8. The molecule has 0 aromatic heterocycles. The zero-order chi connectivity index (χ0) is 30.3. The summed E-state index contributed by atoms with van der Waals surface area (Å²) in [6.07, 6.45) is -9.18. The van der Waals surface area contributed by atoms with E-state index in [1.807, 2.05) is 12.2 Å². The van der Waals surface area contributed by atoms with Crippen LogP contribution < -0.4 is 10.2 Å². The van der Waals surface area contributed by atoms with Gasteiger partial charge in [-0.05, 0) is 74.6 Å². The molecule has 1 fully saturated rings. The Morgan fingerprint density at radius 2 is 1.56 bits per heavy atom. The van der Waals surface area contributed by atoms with Crippen molar-refractivity contribution >= 4 is 23.2 Å². The highest BCUT2D eigenvalue weighted by atomic mass is 19.4. The van der Waals surface area contributed by atoms with Crippen LogP contribution in [0.25, 0.3) is 0 Å². The molecule has 4 nitrogen and oxygen atoms in total. The third-order valence-corrected chi connectivity index (χ3v) is 6.84. The number of alkyl halides is 7. The van der Waals surface area contributed by atoms with Gasteiger partial charge in [0.2, 0.25) is 5.67 Å². The maximum Gasteiger partial charge on any atom is 0.426 e. The van der Waals surface area contributed by atoms with Gasteiger partial charge in [0.25, 0.3) is 11.8 Å². The highest BCUT2D eigenvalue weighted by Gasteiger charge is 2.54. The number of rotatable bonds is 7. The molecule has 3 aromatic rings. The smallest absolute Gasteiger partial charge is 0.321 e. The molecule has 1 unspecified atom stereocenters. The maximum absolute atomic E-state index is 15.7. The van der Waals surface area contributed by atoms with Gasteiger partial charge in [-0.25, -0.2) is 8.78 Å².